The van der Waals surface area contributed by atoms with E-state index in [0.29, 0.717) is 24.3 Å². The predicted molar refractivity (Wildman–Crippen MR) is 145 cm³/mol. The van der Waals surface area contributed by atoms with Gasteiger partial charge in [-0.05, 0) is 90.4 Å². The predicted octanol–water partition coefficient (Wildman–Crippen LogP) is 8.33. The van der Waals surface area contributed by atoms with Gasteiger partial charge in [-0.2, -0.15) is 0 Å². The van der Waals surface area contributed by atoms with Crippen LogP contribution in [0.2, 0.25) is 0 Å². The van der Waals surface area contributed by atoms with E-state index in [4.69, 9.17) is 9.47 Å². The highest BCUT2D eigenvalue weighted by molar-refractivity contribution is 5.77. The maximum atomic E-state index is 14.9. The Labute approximate surface area is 215 Å². The van der Waals surface area contributed by atoms with Gasteiger partial charge in [0.1, 0.15) is 29.7 Å². The van der Waals surface area contributed by atoms with Gasteiger partial charge in [0.05, 0.1) is 7.11 Å². The van der Waals surface area contributed by atoms with Crippen LogP contribution in [0.1, 0.15) is 69.2 Å². The van der Waals surface area contributed by atoms with Gasteiger partial charge in [0, 0.05) is 17.9 Å². The number of benzene rings is 3. The Kier molecular flexibility index (Phi) is 8.73. The molecular weight excluding hydrogens is 451 g/mol. The van der Waals surface area contributed by atoms with Crippen molar-refractivity contribution in [2.45, 2.75) is 65.9 Å². The molecule has 0 saturated carbocycles. The second-order valence-corrected chi connectivity index (χ2v) is 10.3. The maximum Gasteiger partial charge on any atom is 0.131 e. The van der Waals surface area contributed by atoms with Crippen molar-refractivity contribution in [3.63, 3.8) is 0 Å². The average molecular weight is 489 g/mol. The SMILES string of the molecule is C/C=C/[C@H](CC(C)=O)c1ccc(OCc2ccc(C(C)(C)C)c(-c3cc(OC)ccc3F)c2)cc1C. The lowest BCUT2D eigenvalue weighted by atomic mass is 9.81. The van der Waals surface area contributed by atoms with Crippen LogP contribution in [-0.4, -0.2) is 12.9 Å². The van der Waals surface area contributed by atoms with Gasteiger partial charge in [-0.25, -0.2) is 4.39 Å². The molecular formula is C32H37FO3. The Morgan fingerprint density at radius 3 is 2.33 bits per heavy atom. The van der Waals surface area contributed by atoms with E-state index in [2.05, 4.69) is 32.9 Å². The molecule has 0 aliphatic heterocycles. The summed E-state index contributed by atoms with van der Waals surface area (Å²) in [4.78, 5) is 11.7. The normalized spacial score (nSPS) is 12.6. The second kappa shape index (κ2) is 11.6. The van der Waals surface area contributed by atoms with E-state index in [1.54, 1.807) is 26.2 Å². The number of carbonyl (C=O) groups excluding carboxylic acids is 1. The molecule has 0 aliphatic rings. The third-order valence-electron chi connectivity index (χ3n) is 6.33. The highest BCUT2D eigenvalue weighted by Crippen LogP contribution is 2.37. The minimum Gasteiger partial charge on any atom is -0.497 e. The van der Waals surface area contributed by atoms with E-state index in [-0.39, 0.29) is 22.9 Å². The number of Topliss-reactive ketones (excluding diaryl/α,β-unsaturated/α-hetero) is 1. The van der Waals surface area contributed by atoms with Crippen molar-refractivity contribution in [1.82, 2.24) is 0 Å². The van der Waals surface area contributed by atoms with Crippen molar-refractivity contribution in [1.29, 1.82) is 0 Å². The summed E-state index contributed by atoms with van der Waals surface area (Å²) in [7, 11) is 1.58. The quantitative estimate of drug-likeness (QED) is 0.284. The number of hydrogen-bond acceptors (Lipinski definition) is 3. The summed E-state index contributed by atoms with van der Waals surface area (Å²) in [5.74, 6) is 1.32. The Bertz CT molecular complexity index is 1250. The van der Waals surface area contributed by atoms with Crippen molar-refractivity contribution in [2.24, 2.45) is 0 Å². The summed E-state index contributed by atoms with van der Waals surface area (Å²) in [5, 5.41) is 0. The summed E-state index contributed by atoms with van der Waals surface area (Å²) < 4.78 is 26.4. The van der Waals surface area contributed by atoms with E-state index in [1.807, 2.05) is 50.3 Å². The van der Waals surface area contributed by atoms with Crippen LogP contribution in [0.15, 0.2) is 66.7 Å². The van der Waals surface area contributed by atoms with Crippen LogP contribution >= 0.6 is 0 Å². The zero-order chi connectivity index (χ0) is 26.5. The van der Waals surface area contributed by atoms with Crippen LogP contribution in [0.4, 0.5) is 4.39 Å². The first-order chi connectivity index (χ1) is 17.0. The topological polar surface area (TPSA) is 35.5 Å². The van der Waals surface area contributed by atoms with Crippen molar-refractivity contribution >= 4 is 5.78 Å². The molecule has 0 heterocycles. The first kappa shape index (κ1) is 27.2. The lowest BCUT2D eigenvalue weighted by Crippen LogP contribution is -2.13. The largest absolute Gasteiger partial charge is 0.497 e. The summed E-state index contributed by atoms with van der Waals surface area (Å²) in [6.07, 6.45) is 4.54. The molecule has 0 spiro atoms. The van der Waals surface area contributed by atoms with Crippen LogP contribution in [0.25, 0.3) is 11.1 Å². The molecule has 0 aromatic heterocycles. The van der Waals surface area contributed by atoms with Crippen LogP contribution in [0, 0.1) is 12.7 Å². The highest BCUT2D eigenvalue weighted by atomic mass is 19.1. The van der Waals surface area contributed by atoms with E-state index in [0.717, 1.165) is 33.6 Å². The molecule has 1 atom stereocenters. The monoisotopic (exact) mass is 488 g/mol. The fraction of sp³-hybridized carbons (Fsp3) is 0.344. The van der Waals surface area contributed by atoms with Crippen molar-refractivity contribution in [3.05, 3.63) is 94.8 Å². The first-order valence-electron chi connectivity index (χ1n) is 12.4. The Morgan fingerprint density at radius 2 is 1.72 bits per heavy atom. The minimum atomic E-state index is -0.285. The lowest BCUT2D eigenvalue weighted by molar-refractivity contribution is -0.117. The number of methoxy groups -OCH3 is 1. The fourth-order valence-corrected chi connectivity index (χ4v) is 4.54. The van der Waals surface area contributed by atoms with Crippen LogP contribution in [0.3, 0.4) is 0 Å². The summed E-state index contributed by atoms with van der Waals surface area (Å²) >= 11 is 0. The van der Waals surface area contributed by atoms with Gasteiger partial charge >= 0.3 is 0 Å². The number of aryl methyl sites for hydroxylation is 1. The van der Waals surface area contributed by atoms with Crippen molar-refractivity contribution in [2.75, 3.05) is 7.11 Å². The smallest absolute Gasteiger partial charge is 0.131 e. The molecule has 190 valence electrons. The highest BCUT2D eigenvalue weighted by Gasteiger charge is 2.21. The van der Waals surface area contributed by atoms with E-state index < -0.39 is 0 Å². The standard InChI is InChI=1S/C32H37FO3/c1-8-9-24(17-22(3)34)27-13-11-26(16-21(27)2)36-20-23-10-14-30(32(4,5)6)28(18-23)29-19-25(35-7)12-15-31(29)33/h8-16,18-19,24H,17,20H2,1-7H3/b9-8+/t24-/m1/s1. The molecule has 0 amide bonds. The number of halogens is 1. The molecule has 0 radical (unpaired) electrons. The van der Waals surface area contributed by atoms with E-state index in [1.165, 1.54) is 6.07 Å². The zero-order valence-corrected chi connectivity index (χ0v) is 22.4. The molecule has 36 heavy (non-hydrogen) atoms. The molecule has 3 nitrogen and oxygen atoms in total. The van der Waals surface area contributed by atoms with Gasteiger partial charge < -0.3 is 9.47 Å². The van der Waals surface area contributed by atoms with Gasteiger partial charge in [-0.15, -0.1) is 0 Å². The molecule has 3 aromatic carbocycles. The van der Waals surface area contributed by atoms with Gasteiger partial charge in [0.2, 0.25) is 0 Å². The minimum absolute atomic E-state index is 0.0619. The fourth-order valence-electron chi connectivity index (χ4n) is 4.54. The average Bonchev–Trinajstić information content (AvgIpc) is 2.82. The maximum absolute atomic E-state index is 14.9. The van der Waals surface area contributed by atoms with Crippen LogP contribution in [-0.2, 0) is 16.8 Å². The summed E-state index contributed by atoms with van der Waals surface area (Å²) in [5.41, 5.74) is 5.40. The Balaban J connectivity index is 1.89. The molecule has 0 N–H and O–H groups in total. The van der Waals surface area contributed by atoms with E-state index >= 15 is 0 Å². The number of rotatable bonds is 9. The number of ketones is 1. The van der Waals surface area contributed by atoms with Crippen LogP contribution in [0.5, 0.6) is 11.5 Å². The number of ether oxygens (including phenoxy) is 2. The third-order valence-corrected chi connectivity index (χ3v) is 6.33. The number of carbonyl (C=O) groups is 1. The summed E-state index contributed by atoms with van der Waals surface area (Å²) in [6.45, 7) is 12.4. The molecule has 0 fully saturated rings. The zero-order valence-electron chi connectivity index (χ0n) is 22.4. The van der Waals surface area contributed by atoms with Crippen LogP contribution < -0.4 is 9.47 Å². The number of hydrogen-bond donors (Lipinski definition) is 0. The molecule has 0 bridgehead atoms. The van der Waals surface area contributed by atoms with Gasteiger partial charge in [0.15, 0.2) is 0 Å². The molecule has 3 aromatic rings. The third kappa shape index (κ3) is 6.63. The lowest BCUT2D eigenvalue weighted by Gasteiger charge is -2.24. The Hall–Kier alpha value is -3.40. The second-order valence-electron chi connectivity index (χ2n) is 10.3. The molecule has 4 heteroatoms. The number of allylic oxidation sites excluding steroid dienone is 2. The first-order valence-corrected chi connectivity index (χ1v) is 12.4. The molecule has 3 rings (SSSR count). The molecule has 0 aliphatic carbocycles. The van der Waals surface area contributed by atoms with Crippen molar-refractivity contribution < 1.29 is 18.7 Å². The summed E-state index contributed by atoms with van der Waals surface area (Å²) in [6, 6.07) is 16.9. The van der Waals surface area contributed by atoms with E-state index in [9.17, 15) is 9.18 Å². The van der Waals surface area contributed by atoms with Crippen molar-refractivity contribution in [3.8, 4) is 22.6 Å². The molecule has 0 saturated heterocycles. The molecule has 0 unspecified atom stereocenters. The van der Waals surface area contributed by atoms with Gasteiger partial charge in [-0.3, -0.25) is 4.79 Å². The van der Waals surface area contributed by atoms with Gasteiger partial charge in [0.25, 0.3) is 0 Å². The van der Waals surface area contributed by atoms with Gasteiger partial charge in [-0.1, -0.05) is 51.1 Å². The Morgan fingerprint density at radius 1 is 1.00 bits per heavy atom.